The van der Waals surface area contributed by atoms with Gasteiger partial charge in [0.25, 0.3) is 0 Å². The number of likely N-dealkylation sites (tertiary alicyclic amines) is 1. The van der Waals surface area contributed by atoms with Gasteiger partial charge in [0, 0.05) is 32.6 Å². The van der Waals surface area contributed by atoms with E-state index in [9.17, 15) is 19.5 Å². The van der Waals surface area contributed by atoms with Crippen LogP contribution in [0.4, 0.5) is 0 Å². The van der Waals surface area contributed by atoms with E-state index in [2.05, 4.69) is 17.1 Å². The van der Waals surface area contributed by atoms with Crippen molar-refractivity contribution in [2.45, 2.75) is 101 Å². The number of carbonyl (C=O) groups excluding carboxylic acids is 2. The SMILES string of the molecule is CCCCCN1C(=O)[C@@H](CC2(O)CCCCC2)NC(=O)C12CCN(Cc1ccc(Oc3ccc(C(=O)O)cc3)cc1)CC2. The summed E-state index contributed by atoms with van der Waals surface area (Å²) in [6.45, 7) is 4.85. The Labute approximate surface area is 254 Å². The highest BCUT2D eigenvalue weighted by Crippen LogP contribution is 2.38. The van der Waals surface area contributed by atoms with Gasteiger partial charge >= 0.3 is 5.97 Å². The second-order valence-corrected chi connectivity index (χ2v) is 12.6. The minimum Gasteiger partial charge on any atom is -0.478 e. The topological polar surface area (TPSA) is 119 Å². The molecule has 1 spiro atoms. The largest absolute Gasteiger partial charge is 0.478 e. The van der Waals surface area contributed by atoms with Crippen molar-refractivity contribution in [2.75, 3.05) is 19.6 Å². The zero-order valence-electron chi connectivity index (χ0n) is 25.2. The molecule has 0 radical (unpaired) electrons. The summed E-state index contributed by atoms with van der Waals surface area (Å²) in [5, 5.41) is 23.3. The van der Waals surface area contributed by atoms with Crippen LogP contribution in [0.1, 0.15) is 93.5 Å². The van der Waals surface area contributed by atoms with E-state index in [1.165, 1.54) is 12.1 Å². The monoisotopic (exact) mass is 591 g/mol. The summed E-state index contributed by atoms with van der Waals surface area (Å²) >= 11 is 0. The second-order valence-electron chi connectivity index (χ2n) is 12.6. The van der Waals surface area contributed by atoms with Gasteiger partial charge in [-0.05, 0) is 74.1 Å². The predicted molar refractivity (Wildman–Crippen MR) is 163 cm³/mol. The molecule has 1 saturated carbocycles. The molecule has 232 valence electrons. The number of piperidine rings is 1. The molecule has 3 N–H and O–H groups in total. The molecule has 2 heterocycles. The van der Waals surface area contributed by atoms with Crippen molar-refractivity contribution in [1.82, 2.24) is 15.1 Å². The van der Waals surface area contributed by atoms with Gasteiger partial charge in [-0.1, -0.05) is 51.2 Å². The Morgan fingerprint density at radius 1 is 0.930 bits per heavy atom. The molecular formula is C34H45N3O6. The number of benzene rings is 2. The number of amides is 2. The van der Waals surface area contributed by atoms with Crippen molar-refractivity contribution in [3.8, 4) is 11.5 Å². The highest BCUT2D eigenvalue weighted by Gasteiger charge is 2.54. The fourth-order valence-corrected chi connectivity index (χ4v) is 6.95. The molecule has 0 unspecified atom stereocenters. The maximum atomic E-state index is 13.9. The average molecular weight is 592 g/mol. The van der Waals surface area contributed by atoms with E-state index in [4.69, 9.17) is 9.84 Å². The first-order valence-electron chi connectivity index (χ1n) is 15.9. The second kappa shape index (κ2) is 13.5. The number of piperazine rings is 1. The van der Waals surface area contributed by atoms with Crippen molar-refractivity contribution in [1.29, 1.82) is 0 Å². The molecule has 5 rings (SSSR count). The Bertz CT molecular complexity index is 1260. The van der Waals surface area contributed by atoms with Crippen LogP contribution in [0.5, 0.6) is 11.5 Å². The van der Waals surface area contributed by atoms with E-state index in [1.54, 1.807) is 12.1 Å². The summed E-state index contributed by atoms with van der Waals surface area (Å²) in [5.41, 5.74) is -0.376. The van der Waals surface area contributed by atoms with Crippen LogP contribution in [0.25, 0.3) is 0 Å². The van der Waals surface area contributed by atoms with E-state index < -0.39 is 23.2 Å². The van der Waals surface area contributed by atoms with Gasteiger partial charge in [-0.25, -0.2) is 4.79 Å². The van der Waals surface area contributed by atoms with Crippen LogP contribution in [0.15, 0.2) is 48.5 Å². The molecule has 0 aromatic heterocycles. The highest BCUT2D eigenvalue weighted by molar-refractivity contribution is 6.00. The lowest BCUT2D eigenvalue weighted by Gasteiger charge is -2.52. The lowest BCUT2D eigenvalue weighted by Crippen LogP contribution is -2.73. The van der Waals surface area contributed by atoms with Crippen LogP contribution in [0.2, 0.25) is 0 Å². The van der Waals surface area contributed by atoms with Crippen molar-refractivity contribution in [3.05, 3.63) is 59.7 Å². The Morgan fingerprint density at radius 2 is 1.56 bits per heavy atom. The van der Waals surface area contributed by atoms with Crippen LogP contribution in [-0.2, 0) is 16.1 Å². The van der Waals surface area contributed by atoms with Gasteiger partial charge in [0.15, 0.2) is 0 Å². The Morgan fingerprint density at radius 3 is 2.16 bits per heavy atom. The molecule has 1 aliphatic carbocycles. The van der Waals surface area contributed by atoms with E-state index in [0.717, 1.165) is 50.6 Å². The Balaban J connectivity index is 1.20. The quantitative estimate of drug-likeness (QED) is 0.311. The summed E-state index contributed by atoms with van der Waals surface area (Å²) in [7, 11) is 0. The smallest absolute Gasteiger partial charge is 0.335 e. The maximum absolute atomic E-state index is 13.9. The Kier molecular flexibility index (Phi) is 9.72. The van der Waals surface area contributed by atoms with Crippen LogP contribution in [0.3, 0.4) is 0 Å². The number of hydrogen-bond acceptors (Lipinski definition) is 6. The zero-order chi connectivity index (χ0) is 30.5. The van der Waals surface area contributed by atoms with Crippen molar-refractivity contribution >= 4 is 17.8 Å². The van der Waals surface area contributed by atoms with E-state index >= 15 is 0 Å². The minimum atomic E-state index is -0.974. The summed E-state index contributed by atoms with van der Waals surface area (Å²) < 4.78 is 5.87. The molecule has 0 bridgehead atoms. The Hall–Kier alpha value is -3.43. The van der Waals surface area contributed by atoms with Crippen LogP contribution in [-0.4, -0.2) is 74.6 Å². The number of carbonyl (C=O) groups is 3. The van der Waals surface area contributed by atoms with Crippen molar-refractivity contribution in [3.63, 3.8) is 0 Å². The predicted octanol–water partition coefficient (Wildman–Crippen LogP) is 5.11. The number of nitrogens with zero attached hydrogens (tertiary/aromatic N) is 2. The molecule has 3 aliphatic rings. The highest BCUT2D eigenvalue weighted by atomic mass is 16.5. The van der Waals surface area contributed by atoms with E-state index in [-0.39, 0.29) is 17.4 Å². The number of carboxylic acids is 1. The van der Waals surface area contributed by atoms with Gasteiger partial charge in [-0.3, -0.25) is 14.5 Å². The van der Waals surface area contributed by atoms with Crippen molar-refractivity contribution in [2.24, 2.45) is 0 Å². The number of aliphatic hydroxyl groups is 1. The molecular weight excluding hydrogens is 546 g/mol. The fourth-order valence-electron chi connectivity index (χ4n) is 6.95. The molecule has 2 amide bonds. The zero-order valence-corrected chi connectivity index (χ0v) is 25.2. The number of rotatable bonds is 11. The molecule has 2 aromatic rings. The summed E-state index contributed by atoms with van der Waals surface area (Å²) in [4.78, 5) is 42.9. The van der Waals surface area contributed by atoms with Gasteiger partial charge in [-0.2, -0.15) is 0 Å². The molecule has 9 nitrogen and oxygen atoms in total. The maximum Gasteiger partial charge on any atom is 0.335 e. The molecule has 9 heteroatoms. The average Bonchev–Trinajstić information content (AvgIpc) is 3.00. The first-order valence-corrected chi connectivity index (χ1v) is 15.9. The van der Waals surface area contributed by atoms with E-state index in [1.807, 2.05) is 29.2 Å². The first kappa shape index (κ1) is 31.0. The van der Waals surface area contributed by atoms with Gasteiger partial charge in [-0.15, -0.1) is 0 Å². The summed E-state index contributed by atoms with van der Waals surface area (Å²) in [5.74, 6) is 0.162. The van der Waals surface area contributed by atoms with Crippen LogP contribution in [0, 0.1) is 0 Å². The van der Waals surface area contributed by atoms with Crippen LogP contribution >= 0.6 is 0 Å². The third-order valence-corrected chi connectivity index (χ3v) is 9.51. The summed E-state index contributed by atoms with van der Waals surface area (Å²) in [6, 6.07) is 13.5. The van der Waals surface area contributed by atoms with Gasteiger partial charge < -0.3 is 25.2 Å². The number of aromatic carboxylic acids is 1. The van der Waals surface area contributed by atoms with Crippen LogP contribution < -0.4 is 10.1 Å². The lowest BCUT2D eigenvalue weighted by molar-refractivity contribution is -0.163. The third-order valence-electron chi connectivity index (χ3n) is 9.51. The molecule has 1 atom stereocenters. The molecule has 3 fully saturated rings. The molecule has 2 saturated heterocycles. The van der Waals surface area contributed by atoms with E-state index in [0.29, 0.717) is 63.2 Å². The number of carboxylic acid groups (broad SMARTS) is 1. The normalized spacial score (nSPS) is 21.9. The third kappa shape index (κ3) is 7.21. The number of ether oxygens (including phenoxy) is 1. The van der Waals surface area contributed by atoms with Gasteiger partial charge in [0.2, 0.25) is 11.8 Å². The minimum absolute atomic E-state index is 0.0312. The molecule has 2 aromatic carbocycles. The molecule has 2 aliphatic heterocycles. The molecule has 43 heavy (non-hydrogen) atoms. The van der Waals surface area contributed by atoms with Crippen molar-refractivity contribution < 1.29 is 29.3 Å². The number of hydrogen-bond donors (Lipinski definition) is 3. The fraction of sp³-hybridized carbons (Fsp3) is 0.559. The summed E-state index contributed by atoms with van der Waals surface area (Å²) in [6.07, 6.45) is 8.81. The lowest BCUT2D eigenvalue weighted by atomic mass is 9.77. The van der Waals surface area contributed by atoms with Gasteiger partial charge in [0.1, 0.15) is 23.1 Å². The van der Waals surface area contributed by atoms with Gasteiger partial charge in [0.05, 0.1) is 11.2 Å². The number of unbranched alkanes of at least 4 members (excludes halogenated alkanes) is 2. The standard InChI is InChI=1S/C34H45N3O6/c1-2-3-7-20-37-30(38)29(23-33(42)16-5-4-6-17-33)35-32(41)34(37)18-21-36(22-19-34)24-25-8-12-27(13-9-25)43-28-14-10-26(11-15-28)31(39)40/h8-15,29,42H,2-7,16-24H2,1H3,(H,35,41)(H,39,40)/t29-/m1/s1. The first-order chi connectivity index (χ1) is 20.7. The number of nitrogens with one attached hydrogen (secondary N) is 1.